The van der Waals surface area contributed by atoms with E-state index in [1.165, 1.54) is 231 Å². The molecular formula is C52H100O4. The van der Waals surface area contributed by atoms with Crippen LogP contribution in [0.4, 0.5) is 0 Å². The molecule has 0 amide bonds. The molecule has 4 heteroatoms. The van der Waals surface area contributed by atoms with Gasteiger partial charge in [0.1, 0.15) is 0 Å². The van der Waals surface area contributed by atoms with E-state index in [-0.39, 0.29) is 23.8 Å². The second-order valence-electron chi connectivity index (χ2n) is 18.3. The third kappa shape index (κ3) is 36.1. The first kappa shape index (κ1) is 53.0. The fraction of sp³-hybridized carbons (Fsp3) is 0.962. The van der Waals surface area contributed by atoms with Crippen molar-refractivity contribution in [2.45, 2.75) is 296 Å². The van der Waals surface area contributed by atoms with Crippen LogP contribution in [0.2, 0.25) is 0 Å². The van der Waals surface area contributed by atoms with Gasteiger partial charge in [0.2, 0.25) is 0 Å². The lowest BCUT2D eigenvalue weighted by molar-refractivity contribution is -0.155. The summed E-state index contributed by atoms with van der Waals surface area (Å²) in [6, 6.07) is 0. The van der Waals surface area contributed by atoms with Gasteiger partial charge in [-0.15, -0.1) is 0 Å². The van der Waals surface area contributed by atoms with Crippen molar-refractivity contribution in [2.24, 2.45) is 11.8 Å². The second kappa shape index (κ2) is 43.5. The van der Waals surface area contributed by atoms with Gasteiger partial charge in [-0.05, 0) is 38.5 Å². The van der Waals surface area contributed by atoms with E-state index in [1.807, 2.05) is 0 Å². The van der Waals surface area contributed by atoms with Gasteiger partial charge in [0.15, 0.2) is 0 Å². The van der Waals surface area contributed by atoms with Crippen LogP contribution in [0.3, 0.4) is 0 Å². The summed E-state index contributed by atoms with van der Waals surface area (Å²) in [7, 11) is 0. The molecule has 56 heavy (non-hydrogen) atoms. The van der Waals surface area contributed by atoms with Crippen molar-refractivity contribution in [3.05, 3.63) is 0 Å². The molecule has 0 saturated heterocycles. The monoisotopic (exact) mass is 789 g/mol. The number of carbonyl (C=O) groups is 2. The minimum absolute atomic E-state index is 0.0336. The quantitative estimate of drug-likeness (QED) is 0.0456. The molecule has 0 atom stereocenters. The number of esters is 2. The lowest BCUT2D eigenvalue weighted by atomic mass is 9.82. The van der Waals surface area contributed by atoms with E-state index >= 15 is 0 Å². The predicted molar refractivity (Wildman–Crippen MR) is 243 cm³/mol. The molecular weight excluding hydrogens is 689 g/mol. The Labute approximate surface area is 351 Å². The minimum atomic E-state index is -0.0426. The maximum atomic E-state index is 12.6. The summed E-state index contributed by atoms with van der Waals surface area (Å²) in [5, 5.41) is 0. The summed E-state index contributed by atoms with van der Waals surface area (Å²) in [6.45, 7) is 5.70. The summed E-state index contributed by atoms with van der Waals surface area (Å²) in [5.41, 5.74) is 0. The van der Waals surface area contributed by atoms with Crippen LogP contribution < -0.4 is 0 Å². The normalized spacial score (nSPS) is 15.7. The zero-order valence-corrected chi connectivity index (χ0v) is 38.3. The van der Waals surface area contributed by atoms with Crippen molar-refractivity contribution in [3.8, 4) is 0 Å². The Bertz CT molecular complexity index is 737. The second-order valence-corrected chi connectivity index (χ2v) is 18.3. The van der Waals surface area contributed by atoms with Gasteiger partial charge in [-0.25, -0.2) is 0 Å². The van der Waals surface area contributed by atoms with E-state index in [1.54, 1.807) is 0 Å². The largest absolute Gasteiger partial charge is 0.465 e. The molecule has 0 aromatic heterocycles. The molecule has 0 spiro atoms. The average Bonchev–Trinajstić information content (AvgIpc) is 3.21. The SMILES string of the molecule is CCCCCCCCCCCCCCCCCCCCCCOC(=O)C1CCC(C(=O)OCCCCCCCCCCCCCCCCCCCCCC)CC1. The van der Waals surface area contributed by atoms with Crippen LogP contribution in [0, 0.1) is 11.8 Å². The van der Waals surface area contributed by atoms with E-state index in [0.29, 0.717) is 13.2 Å². The zero-order valence-electron chi connectivity index (χ0n) is 38.3. The summed E-state index contributed by atoms with van der Waals surface area (Å²) in [6.07, 6.45) is 58.0. The van der Waals surface area contributed by atoms with E-state index < -0.39 is 0 Å². The molecule has 1 fully saturated rings. The van der Waals surface area contributed by atoms with Gasteiger partial charge in [-0.2, -0.15) is 0 Å². The Morgan fingerprint density at radius 2 is 0.446 bits per heavy atom. The van der Waals surface area contributed by atoms with Crippen LogP contribution in [-0.4, -0.2) is 25.2 Å². The third-order valence-corrected chi connectivity index (χ3v) is 12.9. The number of unbranched alkanes of at least 4 members (excludes halogenated alkanes) is 38. The van der Waals surface area contributed by atoms with Crippen molar-refractivity contribution >= 4 is 11.9 Å². The average molecular weight is 789 g/mol. The fourth-order valence-corrected chi connectivity index (χ4v) is 8.86. The molecule has 0 aromatic carbocycles. The molecule has 0 radical (unpaired) electrons. The summed E-state index contributed by atoms with van der Waals surface area (Å²) in [4.78, 5) is 25.2. The number of hydrogen-bond acceptors (Lipinski definition) is 4. The van der Waals surface area contributed by atoms with Gasteiger partial charge in [-0.1, -0.05) is 258 Å². The molecule has 1 saturated carbocycles. The van der Waals surface area contributed by atoms with Crippen molar-refractivity contribution in [1.82, 2.24) is 0 Å². The number of carbonyl (C=O) groups excluding carboxylic acids is 2. The van der Waals surface area contributed by atoms with Crippen LogP contribution in [0.25, 0.3) is 0 Å². The van der Waals surface area contributed by atoms with Gasteiger partial charge in [-0.3, -0.25) is 9.59 Å². The van der Waals surface area contributed by atoms with E-state index in [4.69, 9.17) is 9.47 Å². The van der Waals surface area contributed by atoms with Crippen molar-refractivity contribution < 1.29 is 19.1 Å². The number of hydrogen-bond donors (Lipinski definition) is 0. The van der Waals surface area contributed by atoms with Crippen LogP contribution >= 0.6 is 0 Å². The van der Waals surface area contributed by atoms with Gasteiger partial charge < -0.3 is 9.47 Å². The molecule has 0 unspecified atom stereocenters. The van der Waals surface area contributed by atoms with Crippen LogP contribution in [-0.2, 0) is 19.1 Å². The smallest absolute Gasteiger partial charge is 0.308 e. The minimum Gasteiger partial charge on any atom is -0.465 e. The molecule has 1 aliphatic rings. The highest BCUT2D eigenvalue weighted by Crippen LogP contribution is 2.30. The fourth-order valence-electron chi connectivity index (χ4n) is 8.86. The van der Waals surface area contributed by atoms with Gasteiger partial charge >= 0.3 is 11.9 Å². The van der Waals surface area contributed by atoms with E-state index in [9.17, 15) is 9.59 Å². The molecule has 0 N–H and O–H groups in total. The maximum absolute atomic E-state index is 12.6. The Balaban J connectivity index is 1.79. The molecule has 0 aliphatic heterocycles. The highest BCUT2D eigenvalue weighted by molar-refractivity contribution is 5.75. The van der Waals surface area contributed by atoms with E-state index in [0.717, 1.165) is 51.4 Å². The van der Waals surface area contributed by atoms with Crippen LogP contribution in [0.1, 0.15) is 296 Å². The predicted octanol–water partition coefficient (Wildman–Crippen LogP) is 17.5. The Morgan fingerprint density at radius 1 is 0.286 bits per heavy atom. The first-order valence-electron chi connectivity index (χ1n) is 26.0. The highest BCUT2D eigenvalue weighted by atomic mass is 16.5. The molecule has 1 aliphatic carbocycles. The number of ether oxygens (including phenoxy) is 2. The zero-order chi connectivity index (χ0) is 40.3. The van der Waals surface area contributed by atoms with Crippen LogP contribution in [0.15, 0.2) is 0 Å². The molecule has 0 bridgehead atoms. The lowest BCUT2D eigenvalue weighted by Gasteiger charge is -2.26. The Hall–Kier alpha value is -1.06. The third-order valence-electron chi connectivity index (χ3n) is 12.9. The lowest BCUT2D eigenvalue weighted by Crippen LogP contribution is -2.28. The molecule has 4 nitrogen and oxygen atoms in total. The highest BCUT2D eigenvalue weighted by Gasteiger charge is 2.31. The summed E-state index contributed by atoms with van der Waals surface area (Å²) in [5.74, 6) is -0.152. The Morgan fingerprint density at radius 3 is 0.625 bits per heavy atom. The Kier molecular flexibility index (Phi) is 41.2. The standard InChI is InChI=1S/C52H100O4/c1-3-5-7-9-11-13-15-17-19-21-23-25-27-29-31-33-35-37-39-41-47-55-51(53)49-43-45-50(46-44-49)52(54)56-48-42-40-38-36-34-32-30-28-26-24-22-20-18-16-14-12-10-8-6-4-2/h49-50H,3-48H2,1-2H3. The number of rotatable bonds is 44. The van der Waals surface area contributed by atoms with Crippen molar-refractivity contribution in [1.29, 1.82) is 0 Å². The first-order chi connectivity index (χ1) is 27.7. The van der Waals surface area contributed by atoms with Crippen molar-refractivity contribution in [2.75, 3.05) is 13.2 Å². The van der Waals surface area contributed by atoms with Crippen LogP contribution in [0.5, 0.6) is 0 Å². The van der Waals surface area contributed by atoms with Crippen molar-refractivity contribution in [3.63, 3.8) is 0 Å². The summed E-state index contributed by atoms with van der Waals surface area (Å²) < 4.78 is 11.3. The van der Waals surface area contributed by atoms with Gasteiger partial charge in [0.05, 0.1) is 25.0 Å². The van der Waals surface area contributed by atoms with E-state index in [2.05, 4.69) is 13.8 Å². The molecule has 0 aromatic rings. The van der Waals surface area contributed by atoms with Gasteiger partial charge in [0.25, 0.3) is 0 Å². The maximum Gasteiger partial charge on any atom is 0.308 e. The van der Waals surface area contributed by atoms with Gasteiger partial charge in [0, 0.05) is 0 Å². The first-order valence-corrected chi connectivity index (χ1v) is 26.0. The molecule has 332 valence electrons. The molecule has 1 rings (SSSR count). The molecule has 0 heterocycles. The topological polar surface area (TPSA) is 52.6 Å². The summed E-state index contributed by atoms with van der Waals surface area (Å²) >= 11 is 0.